The highest BCUT2D eigenvalue weighted by molar-refractivity contribution is 6.06. The van der Waals surface area contributed by atoms with Gasteiger partial charge in [0.1, 0.15) is 0 Å². The molecule has 0 amide bonds. The van der Waals surface area contributed by atoms with Crippen LogP contribution < -0.4 is 9.47 Å². The first kappa shape index (κ1) is 18.9. The van der Waals surface area contributed by atoms with Crippen molar-refractivity contribution in [3.63, 3.8) is 0 Å². The van der Waals surface area contributed by atoms with E-state index in [1.165, 1.54) is 6.92 Å². The topological polar surface area (TPSA) is 52.6 Å². The number of hydrogen-bond acceptors (Lipinski definition) is 4. The molecule has 1 saturated carbocycles. The van der Waals surface area contributed by atoms with Crippen molar-refractivity contribution < 1.29 is 19.1 Å². The Bertz CT molecular complexity index is 775. The summed E-state index contributed by atoms with van der Waals surface area (Å²) in [6.45, 7) is 12.0. The first-order valence-corrected chi connectivity index (χ1v) is 9.52. The van der Waals surface area contributed by atoms with Crippen LogP contribution in [0.1, 0.15) is 88.2 Å². The number of Topliss-reactive ketones (excluding diaryl/α,β-unsaturated/α-hetero) is 1. The summed E-state index contributed by atoms with van der Waals surface area (Å²) in [5.41, 5.74) is 2.19. The van der Waals surface area contributed by atoms with E-state index in [0.717, 1.165) is 36.0 Å². The number of benzene rings is 1. The predicted octanol–water partition coefficient (Wildman–Crippen LogP) is 5.02. The monoisotopic (exact) mass is 358 g/mol. The number of methoxy groups -OCH3 is 1. The highest BCUT2D eigenvalue weighted by atomic mass is 16.6. The third-order valence-corrected chi connectivity index (χ3v) is 6.37. The molecule has 4 nitrogen and oxygen atoms in total. The van der Waals surface area contributed by atoms with Gasteiger partial charge in [-0.1, -0.05) is 41.0 Å². The van der Waals surface area contributed by atoms with Crippen molar-refractivity contribution in [1.29, 1.82) is 0 Å². The van der Waals surface area contributed by atoms with E-state index in [0.29, 0.717) is 11.5 Å². The van der Waals surface area contributed by atoms with Gasteiger partial charge in [0.2, 0.25) is 0 Å². The third kappa shape index (κ3) is 2.57. The maximum atomic E-state index is 13.5. The van der Waals surface area contributed by atoms with E-state index in [1.807, 2.05) is 19.9 Å². The maximum absolute atomic E-state index is 13.5. The molecule has 1 aromatic rings. The molecule has 0 spiro atoms. The second-order valence-electron chi connectivity index (χ2n) is 9.06. The molecular formula is C22H30O4. The van der Waals surface area contributed by atoms with Gasteiger partial charge in [0.05, 0.1) is 7.11 Å². The number of ketones is 1. The molecule has 4 heteroatoms. The molecule has 0 unspecified atom stereocenters. The Labute approximate surface area is 156 Å². The fourth-order valence-electron chi connectivity index (χ4n) is 5.43. The zero-order chi connectivity index (χ0) is 19.4. The summed E-state index contributed by atoms with van der Waals surface area (Å²) in [6.07, 6.45) is 3.06. The van der Waals surface area contributed by atoms with Crippen molar-refractivity contribution >= 4 is 11.8 Å². The van der Waals surface area contributed by atoms with Crippen LogP contribution in [0.15, 0.2) is 6.07 Å². The number of ether oxygens (including phenoxy) is 2. The molecule has 0 heterocycles. The van der Waals surface area contributed by atoms with Crippen LogP contribution >= 0.6 is 0 Å². The molecule has 0 radical (unpaired) electrons. The van der Waals surface area contributed by atoms with E-state index in [9.17, 15) is 9.59 Å². The second-order valence-corrected chi connectivity index (χ2v) is 9.06. The Morgan fingerprint density at radius 3 is 2.38 bits per heavy atom. The average molecular weight is 358 g/mol. The van der Waals surface area contributed by atoms with Gasteiger partial charge in [-0.05, 0) is 30.2 Å². The van der Waals surface area contributed by atoms with Crippen LogP contribution in [0.3, 0.4) is 0 Å². The number of esters is 1. The minimum absolute atomic E-state index is 0.0618. The first-order chi connectivity index (χ1) is 12.0. The third-order valence-electron chi connectivity index (χ3n) is 6.37. The Balaban J connectivity index is 2.34. The Morgan fingerprint density at radius 1 is 1.19 bits per heavy atom. The average Bonchev–Trinajstić information content (AvgIpc) is 2.74. The van der Waals surface area contributed by atoms with Gasteiger partial charge >= 0.3 is 5.97 Å². The van der Waals surface area contributed by atoms with Gasteiger partial charge in [0.15, 0.2) is 17.3 Å². The van der Waals surface area contributed by atoms with Crippen molar-refractivity contribution in [3.05, 3.63) is 22.8 Å². The van der Waals surface area contributed by atoms with Crippen molar-refractivity contribution in [2.24, 2.45) is 11.3 Å². The highest BCUT2D eigenvalue weighted by Gasteiger charge is 2.58. The molecule has 0 N–H and O–H groups in total. The fraction of sp³-hybridized carbons (Fsp3) is 0.636. The van der Waals surface area contributed by atoms with E-state index >= 15 is 0 Å². The molecule has 2 atom stereocenters. The van der Waals surface area contributed by atoms with E-state index in [4.69, 9.17) is 9.47 Å². The van der Waals surface area contributed by atoms with Gasteiger partial charge in [0.25, 0.3) is 0 Å². The lowest BCUT2D eigenvalue weighted by molar-refractivity contribution is -0.132. The molecule has 0 saturated heterocycles. The van der Waals surface area contributed by atoms with Crippen LogP contribution in [0, 0.1) is 11.3 Å². The van der Waals surface area contributed by atoms with Crippen molar-refractivity contribution in [2.45, 2.75) is 72.1 Å². The van der Waals surface area contributed by atoms with Crippen LogP contribution in [-0.2, 0) is 10.2 Å². The number of fused-ring (bicyclic) bond motifs is 3. The van der Waals surface area contributed by atoms with Gasteiger partial charge in [-0.3, -0.25) is 9.59 Å². The molecule has 0 bridgehead atoms. The zero-order valence-corrected chi connectivity index (χ0v) is 17.0. The largest absolute Gasteiger partial charge is 0.492 e. The van der Waals surface area contributed by atoms with Gasteiger partial charge in [-0.25, -0.2) is 0 Å². The normalized spacial score (nSPS) is 26.5. The van der Waals surface area contributed by atoms with Crippen LogP contribution in [-0.4, -0.2) is 18.9 Å². The number of carbonyl (C=O) groups excluding carboxylic acids is 2. The summed E-state index contributed by atoms with van der Waals surface area (Å²) in [5, 5.41) is 0. The molecule has 0 aromatic heterocycles. The minimum atomic E-state index is -0.375. The van der Waals surface area contributed by atoms with E-state index in [1.54, 1.807) is 7.11 Å². The van der Waals surface area contributed by atoms with Gasteiger partial charge in [0, 0.05) is 34.9 Å². The second kappa shape index (κ2) is 6.11. The Morgan fingerprint density at radius 2 is 1.85 bits per heavy atom. The lowest BCUT2D eigenvalue weighted by atomic mass is 9.56. The summed E-state index contributed by atoms with van der Waals surface area (Å²) in [4.78, 5) is 25.2. The Hall–Kier alpha value is -1.84. The quantitative estimate of drug-likeness (QED) is 0.562. The molecule has 2 aliphatic carbocycles. The summed E-state index contributed by atoms with van der Waals surface area (Å²) in [5.74, 6) is 0.922. The summed E-state index contributed by atoms with van der Waals surface area (Å²) in [6, 6.07) is 1.95. The molecule has 3 rings (SSSR count). The molecule has 26 heavy (non-hydrogen) atoms. The van der Waals surface area contributed by atoms with Crippen LogP contribution in [0.5, 0.6) is 11.5 Å². The lowest BCUT2D eigenvalue weighted by Crippen LogP contribution is -2.44. The molecule has 2 aliphatic rings. The van der Waals surface area contributed by atoms with Crippen LogP contribution in [0.25, 0.3) is 0 Å². The smallest absolute Gasteiger partial charge is 0.308 e. The minimum Gasteiger partial charge on any atom is -0.492 e. The Kier molecular flexibility index (Phi) is 4.45. The van der Waals surface area contributed by atoms with Gasteiger partial charge in [-0.2, -0.15) is 0 Å². The van der Waals surface area contributed by atoms with Crippen molar-refractivity contribution in [1.82, 2.24) is 0 Å². The summed E-state index contributed by atoms with van der Waals surface area (Å²) in [7, 11) is 1.60. The highest BCUT2D eigenvalue weighted by Crippen LogP contribution is 2.62. The van der Waals surface area contributed by atoms with Gasteiger partial charge < -0.3 is 9.47 Å². The molecular weight excluding hydrogens is 328 g/mol. The number of rotatable bonds is 3. The van der Waals surface area contributed by atoms with Crippen LogP contribution in [0.2, 0.25) is 0 Å². The van der Waals surface area contributed by atoms with Crippen LogP contribution in [0.4, 0.5) is 0 Å². The fourth-order valence-corrected chi connectivity index (χ4v) is 5.43. The standard InChI is InChI=1S/C22H30O4/c1-12(2)14-11-15-16(19(25-7)18(14)26-13(3)23)22(6)10-8-9-21(4,5)20(22)17(15)24/h11-12,20H,8-10H2,1-7H3/t20-,22-/m0/s1. The first-order valence-electron chi connectivity index (χ1n) is 9.52. The maximum Gasteiger partial charge on any atom is 0.308 e. The van der Waals surface area contributed by atoms with Gasteiger partial charge in [-0.15, -0.1) is 0 Å². The predicted molar refractivity (Wildman–Crippen MR) is 101 cm³/mol. The lowest BCUT2D eigenvalue weighted by Gasteiger charge is -2.46. The summed E-state index contributed by atoms with van der Waals surface area (Å²) < 4.78 is 11.4. The number of hydrogen-bond donors (Lipinski definition) is 0. The summed E-state index contributed by atoms with van der Waals surface area (Å²) >= 11 is 0. The zero-order valence-electron chi connectivity index (χ0n) is 17.0. The van der Waals surface area contributed by atoms with Crippen molar-refractivity contribution in [3.8, 4) is 11.5 Å². The SMILES string of the molecule is COc1c(OC(C)=O)c(C(C)C)cc2c1[C@]1(C)CCCC(C)(C)[C@@H]1C2=O. The van der Waals surface area contributed by atoms with E-state index in [-0.39, 0.29) is 34.4 Å². The van der Waals surface area contributed by atoms with E-state index in [2.05, 4.69) is 20.8 Å². The molecule has 1 fully saturated rings. The molecule has 142 valence electrons. The molecule has 1 aromatic carbocycles. The van der Waals surface area contributed by atoms with Crippen molar-refractivity contribution in [2.75, 3.05) is 7.11 Å². The molecule has 0 aliphatic heterocycles. The number of carbonyl (C=O) groups is 2. The van der Waals surface area contributed by atoms with E-state index < -0.39 is 0 Å².